The second-order valence-electron chi connectivity index (χ2n) is 8.52. The van der Waals surface area contributed by atoms with Crippen LogP contribution in [0.15, 0.2) is 59.5 Å². The summed E-state index contributed by atoms with van der Waals surface area (Å²) in [4.78, 5) is 27.6. The Kier molecular flexibility index (Phi) is 4.97. The van der Waals surface area contributed by atoms with Crippen molar-refractivity contribution in [2.24, 2.45) is 0 Å². The van der Waals surface area contributed by atoms with E-state index in [4.69, 9.17) is 16.3 Å². The number of hydrogen-bond acceptors (Lipinski definition) is 4. The number of amides is 1. The standard InChI is InChI=1S/C25H24ClN3O3/c1-15(2)27-14-29(28-11-10-21(30)16(3)23(28)25(27)31)24-19-9-8-18(26)12-17(19)13-32-22-7-5-4-6-20(22)24/h4-12,15,24H,13-14H2,1-3H3. The number of aromatic nitrogens is 1. The van der Waals surface area contributed by atoms with Crippen LogP contribution in [0.3, 0.4) is 0 Å². The molecule has 1 atom stereocenters. The van der Waals surface area contributed by atoms with Gasteiger partial charge < -0.3 is 9.64 Å². The van der Waals surface area contributed by atoms with Gasteiger partial charge in [0.1, 0.15) is 30.8 Å². The van der Waals surface area contributed by atoms with Crippen LogP contribution in [0.5, 0.6) is 5.75 Å². The van der Waals surface area contributed by atoms with Gasteiger partial charge in [0.15, 0.2) is 5.43 Å². The Hall–Kier alpha value is -3.25. The molecule has 0 radical (unpaired) electrons. The summed E-state index contributed by atoms with van der Waals surface area (Å²) in [6.07, 6.45) is 1.70. The minimum atomic E-state index is -0.240. The second kappa shape index (κ2) is 7.71. The maximum absolute atomic E-state index is 13.4. The molecule has 0 saturated heterocycles. The Morgan fingerprint density at radius 2 is 1.84 bits per heavy atom. The smallest absolute Gasteiger partial charge is 0.274 e. The molecule has 0 N–H and O–H groups in total. The largest absolute Gasteiger partial charge is 0.489 e. The van der Waals surface area contributed by atoms with Crippen molar-refractivity contribution in [1.82, 2.24) is 9.58 Å². The topological polar surface area (TPSA) is 54.8 Å². The molecule has 2 aliphatic rings. The summed E-state index contributed by atoms with van der Waals surface area (Å²) in [6.45, 7) is 6.46. The van der Waals surface area contributed by atoms with Crippen molar-refractivity contribution in [3.05, 3.63) is 97.9 Å². The fraction of sp³-hybridized carbons (Fsp3) is 0.280. The number of para-hydroxylation sites is 1. The van der Waals surface area contributed by atoms with E-state index in [9.17, 15) is 9.59 Å². The molecule has 32 heavy (non-hydrogen) atoms. The highest BCUT2D eigenvalue weighted by molar-refractivity contribution is 6.30. The fourth-order valence-corrected chi connectivity index (χ4v) is 4.77. The lowest BCUT2D eigenvalue weighted by Gasteiger charge is -2.45. The highest BCUT2D eigenvalue weighted by Crippen LogP contribution is 2.40. The third-order valence-electron chi connectivity index (χ3n) is 6.28. The SMILES string of the molecule is Cc1c2n(ccc1=O)N(C1c3ccc(Cl)cc3COc3ccccc31)CN(C(C)C)C2=O. The number of carbonyl (C=O) groups is 1. The van der Waals surface area contributed by atoms with E-state index in [2.05, 4.69) is 11.1 Å². The Morgan fingerprint density at radius 3 is 2.62 bits per heavy atom. The Labute approximate surface area is 191 Å². The zero-order valence-corrected chi connectivity index (χ0v) is 19.0. The number of hydrogen-bond donors (Lipinski definition) is 0. The van der Waals surface area contributed by atoms with Gasteiger partial charge in [-0.15, -0.1) is 0 Å². The number of benzene rings is 2. The summed E-state index contributed by atoms with van der Waals surface area (Å²) in [5.41, 5.74) is 3.74. The van der Waals surface area contributed by atoms with E-state index in [1.807, 2.05) is 54.9 Å². The lowest BCUT2D eigenvalue weighted by atomic mass is 9.94. The van der Waals surface area contributed by atoms with Gasteiger partial charge in [-0.25, -0.2) is 0 Å². The number of carbonyl (C=O) groups excluding carboxylic acids is 1. The quantitative estimate of drug-likeness (QED) is 0.587. The molecule has 0 aliphatic carbocycles. The molecule has 3 heterocycles. The van der Waals surface area contributed by atoms with Crippen molar-refractivity contribution in [1.29, 1.82) is 0 Å². The third kappa shape index (κ3) is 3.17. The van der Waals surface area contributed by atoms with E-state index < -0.39 is 0 Å². The van der Waals surface area contributed by atoms with Crippen LogP contribution in [0.1, 0.15) is 52.6 Å². The van der Waals surface area contributed by atoms with E-state index in [0.29, 0.717) is 29.6 Å². The lowest BCUT2D eigenvalue weighted by molar-refractivity contribution is 0.0625. The van der Waals surface area contributed by atoms with Crippen molar-refractivity contribution in [3.63, 3.8) is 0 Å². The highest BCUT2D eigenvalue weighted by atomic mass is 35.5. The monoisotopic (exact) mass is 449 g/mol. The van der Waals surface area contributed by atoms with Gasteiger partial charge >= 0.3 is 0 Å². The maximum Gasteiger partial charge on any atom is 0.274 e. The van der Waals surface area contributed by atoms with Crippen molar-refractivity contribution in [2.75, 3.05) is 11.7 Å². The van der Waals surface area contributed by atoms with Crippen LogP contribution in [0.25, 0.3) is 0 Å². The van der Waals surface area contributed by atoms with Crippen LogP contribution in [0.2, 0.25) is 5.02 Å². The normalized spacial score (nSPS) is 17.4. The molecule has 1 aromatic heterocycles. The Bertz CT molecular complexity index is 1280. The molecule has 5 rings (SSSR count). The molecule has 0 spiro atoms. The minimum absolute atomic E-state index is 0.0320. The second-order valence-corrected chi connectivity index (χ2v) is 8.96. The summed E-state index contributed by atoms with van der Waals surface area (Å²) >= 11 is 6.32. The average Bonchev–Trinajstić information content (AvgIpc) is 2.93. The number of nitrogens with zero attached hydrogens (tertiary/aromatic N) is 3. The fourth-order valence-electron chi connectivity index (χ4n) is 4.58. The first-order chi connectivity index (χ1) is 15.4. The Balaban J connectivity index is 1.79. The summed E-state index contributed by atoms with van der Waals surface area (Å²) in [5, 5.41) is 2.78. The lowest BCUT2D eigenvalue weighted by Crippen LogP contribution is -2.57. The van der Waals surface area contributed by atoms with E-state index in [-0.39, 0.29) is 23.4 Å². The molecule has 1 unspecified atom stereocenters. The van der Waals surface area contributed by atoms with Crippen molar-refractivity contribution < 1.29 is 9.53 Å². The predicted molar refractivity (Wildman–Crippen MR) is 124 cm³/mol. The molecule has 6 nitrogen and oxygen atoms in total. The molecule has 0 saturated carbocycles. The first-order valence-electron chi connectivity index (χ1n) is 10.7. The van der Waals surface area contributed by atoms with Crippen LogP contribution in [0.4, 0.5) is 0 Å². The molecule has 2 aromatic carbocycles. The van der Waals surface area contributed by atoms with Crippen LogP contribution < -0.4 is 15.2 Å². The van der Waals surface area contributed by atoms with E-state index in [1.54, 1.807) is 18.0 Å². The summed E-state index contributed by atoms with van der Waals surface area (Å²) in [6, 6.07) is 15.0. The summed E-state index contributed by atoms with van der Waals surface area (Å²) < 4.78 is 7.99. The van der Waals surface area contributed by atoms with Crippen LogP contribution >= 0.6 is 11.6 Å². The predicted octanol–water partition coefficient (Wildman–Crippen LogP) is 4.25. The molecule has 3 aromatic rings. The number of ether oxygens (including phenoxy) is 1. The summed E-state index contributed by atoms with van der Waals surface area (Å²) in [7, 11) is 0. The van der Waals surface area contributed by atoms with Crippen molar-refractivity contribution in [2.45, 2.75) is 39.5 Å². The molecule has 2 aliphatic heterocycles. The molecule has 0 bridgehead atoms. The Morgan fingerprint density at radius 1 is 1.06 bits per heavy atom. The number of halogens is 1. The number of fused-ring (bicyclic) bond motifs is 3. The first kappa shape index (κ1) is 20.6. The van der Waals surface area contributed by atoms with E-state index >= 15 is 0 Å². The van der Waals surface area contributed by atoms with Crippen LogP contribution in [-0.2, 0) is 6.61 Å². The van der Waals surface area contributed by atoms with Gasteiger partial charge in [-0.05, 0) is 50.1 Å². The molecular weight excluding hydrogens is 426 g/mol. The van der Waals surface area contributed by atoms with Crippen molar-refractivity contribution >= 4 is 17.5 Å². The summed E-state index contributed by atoms with van der Waals surface area (Å²) in [5.74, 6) is 0.651. The van der Waals surface area contributed by atoms with E-state index in [0.717, 1.165) is 22.4 Å². The van der Waals surface area contributed by atoms with Crippen LogP contribution in [0, 0.1) is 6.92 Å². The van der Waals surface area contributed by atoms with Gasteiger partial charge in [-0.2, -0.15) is 0 Å². The van der Waals surface area contributed by atoms with Crippen LogP contribution in [-0.4, -0.2) is 28.2 Å². The minimum Gasteiger partial charge on any atom is -0.489 e. The van der Waals surface area contributed by atoms with Gasteiger partial charge in [0.25, 0.3) is 5.91 Å². The molecule has 0 fully saturated rings. The number of pyridine rings is 1. The van der Waals surface area contributed by atoms with E-state index in [1.165, 1.54) is 6.07 Å². The molecule has 164 valence electrons. The molecule has 1 amide bonds. The van der Waals surface area contributed by atoms with Gasteiger partial charge in [-0.3, -0.25) is 19.3 Å². The average molecular weight is 450 g/mol. The first-order valence-corrected chi connectivity index (χ1v) is 11.0. The van der Waals surface area contributed by atoms with Gasteiger partial charge in [0.2, 0.25) is 0 Å². The highest BCUT2D eigenvalue weighted by Gasteiger charge is 2.38. The zero-order chi connectivity index (χ0) is 22.6. The maximum atomic E-state index is 13.4. The molecular formula is C25H24ClN3O3. The van der Waals surface area contributed by atoms with Gasteiger partial charge in [0.05, 0.1) is 0 Å². The van der Waals surface area contributed by atoms with Gasteiger partial charge in [0, 0.05) is 34.5 Å². The molecule has 7 heteroatoms. The third-order valence-corrected chi connectivity index (χ3v) is 6.51. The number of rotatable bonds is 2. The van der Waals surface area contributed by atoms with Crippen molar-refractivity contribution in [3.8, 4) is 5.75 Å². The zero-order valence-electron chi connectivity index (χ0n) is 18.2. The van der Waals surface area contributed by atoms with Gasteiger partial charge in [-0.1, -0.05) is 35.9 Å².